The van der Waals surface area contributed by atoms with Gasteiger partial charge >= 0.3 is 0 Å². The highest BCUT2D eigenvalue weighted by Gasteiger charge is 2.07. The van der Waals surface area contributed by atoms with E-state index in [-0.39, 0.29) is 5.78 Å². The van der Waals surface area contributed by atoms with E-state index in [0.717, 1.165) is 11.3 Å². The molecule has 0 bridgehead atoms. The lowest BCUT2D eigenvalue weighted by Gasteiger charge is -2.05. The van der Waals surface area contributed by atoms with E-state index in [0.29, 0.717) is 25.1 Å². The molecule has 0 N–H and O–H groups in total. The zero-order valence-corrected chi connectivity index (χ0v) is 11.2. The van der Waals surface area contributed by atoms with Crippen LogP contribution in [0.25, 0.3) is 0 Å². The van der Waals surface area contributed by atoms with Crippen LogP contribution in [-0.2, 0) is 18.3 Å². The van der Waals surface area contributed by atoms with Crippen LogP contribution in [0.1, 0.15) is 17.7 Å². The Hall–Kier alpha value is -2.17. The third kappa shape index (κ3) is 4.21. The first-order chi connectivity index (χ1) is 9.13. The lowest BCUT2D eigenvalue weighted by molar-refractivity contribution is -0.118. The topological polar surface area (TPSA) is 57.0 Å². The van der Waals surface area contributed by atoms with Gasteiger partial charge < -0.3 is 4.74 Å². The van der Waals surface area contributed by atoms with Crippen LogP contribution in [0.2, 0.25) is 0 Å². The molecule has 1 aromatic heterocycles. The van der Waals surface area contributed by atoms with Crippen molar-refractivity contribution in [3.8, 4) is 5.75 Å². The van der Waals surface area contributed by atoms with E-state index >= 15 is 0 Å². The van der Waals surface area contributed by atoms with Crippen LogP contribution in [0.4, 0.5) is 0 Å². The summed E-state index contributed by atoms with van der Waals surface area (Å²) in [5.41, 5.74) is 1.84. The molecule has 0 spiro atoms. The third-order valence-corrected chi connectivity index (χ3v) is 2.67. The van der Waals surface area contributed by atoms with Crippen LogP contribution in [0.3, 0.4) is 0 Å². The number of hydrogen-bond donors (Lipinski definition) is 0. The molecule has 19 heavy (non-hydrogen) atoms. The van der Waals surface area contributed by atoms with Gasteiger partial charge in [-0.3, -0.25) is 9.48 Å². The van der Waals surface area contributed by atoms with Crippen molar-refractivity contribution in [2.75, 3.05) is 6.61 Å². The maximum absolute atomic E-state index is 11.7. The molecule has 0 aliphatic rings. The normalized spacial score (nSPS) is 10.4. The molecule has 2 aromatic rings. The zero-order valence-electron chi connectivity index (χ0n) is 11.2. The predicted molar refractivity (Wildman–Crippen MR) is 71.0 cm³/mol. The average Bonchev–Trinajstić information content (AvgIpc) is 2.75. The van der Waals surface area contributed by atoms with E-state index in [9.17, 15) is 4.79 Å². The zero-order chi connectivity index (χ0) is 13.7. The summed E-state index contributed by atoms with van der Waals surface area (Å²) >= 11 is 0. The molecule has 0 aliphatic carbocycles. The van der Waals surface area contributed by atoms with Crippen LogP contribution in [0, 0.1) is 6.92 Å². The van der Waals surface area contributed by atoms with Crippen molar-refractivity contribution in [2.45, 2.75) is 19.8 Å². The third-order valence-electron chi connectivity index (χ3n) is 2.67. The highest BCUT2D eigenvalue weighted by atomic mass is 16.5. The van der Waals surface area contributed by atoms with E-state index in [2.05, 4.69) is 10.3 Å². The van der Waals surface area contributed by atoms with E-state index in [1.54, 1.807) is 17.9 Å². The quantitative estimate of drug-likeness (QED) is 0.792. The molecule has 2 rings (SSSR count). The molecule has 0 fully saturated rings. The van der Waals surface area contributed by atoms with Gasteiger partial charge in [-0.2, -0.15) is 0 Å². The highest BCUT2D eigenvalue weighted by Crippen LogP contribution is 2.12. The number of carbonyl (C=O) groups is 1. The summed E-state index contributed by atoms with van der Waals surface area (Å²) in [4.78, 5) is 11.7. The van der Waals surface area contributed by atoms with Crippen molar-refractivity contribution in [2.24, 2.45) is 7.05 Å². The molecule has 0 radical (unpaired) electrons. The maximum atomic E-state index is 11.7. The number of aromatic nitrogens is 3. The molecule has 1 heterocycles. The van der Waals surface area contributed by atoms with Gasteiger partial charge in [-0.05, 0) is 24.6 Å². The van der Waals surface area contributed by atoms with Gasteiger partial charge in [0.05, 0.1) is 18.7 Å². The molecule has 0 amide bonds. The number of aryl methyl sites for hydroxylation is 2. The van der Waals surface area contributed by atoms with Crippen molar-refractivity contribution in [3.05, 3.63) is 41.7 Å². The van der Waals surface area contributed by atoms with Gasteiger partial charge in [0, 0.05) is 19.7 Å². The molecular weight excluding hydrogens is 242 g/mol. The summed E-state index contributed by atoms with van der Waals surface area (Å²) in [6, 6.07) is 7.78. The Morgan fingerprint density at radius 1 is 1.42 bits per heavy atom. The Balaban J connectivity index is 1.75. The lowest BCUT2D eigenvalue weighted by atomic mass is 10.2. The van der Waals surface area contributed by atoms with Gasteiger partial charge in [0.1, 0.15) is 11.5 Å². The van der Waals surface area contributed by atoms with Gasteiger partial charge in [-0.1, -0.05) is 17.3 Å². The maximum Gasteiger partial charge on any atom is 0.142 e. The van der Waals surface area contributed by atoms with Gasteiger partial charge in [0.25, 0.3) is 0 Å². The fraction of sp³-hybridized carbons (Fsp3) is 0.357. The first-order valence-corrected chi connectivity index (χ1v) is 6.20. The van der Waals surface area contributed by atoms with Crippen molar-refractivity contribution in [1.29, 1.82) is 0 Å². The number of carbonyl (C=O) groups excluding carboxylic acids is 1. The van der Waals surface area contributed by atoms with Gasteiger partial charge in [0.2, 0.25) is 0 Å². The Morgan fingerprint density at radius 3 is 2.95 bits per heavy atom. The average molecular weight is 259 g/mol. The van der Waals surface area contributed by atoms with E-state index in [4.69, 9.17) is 4.74 Å². The Labute approximate surface area is 112 Å². The second-order valence-electron chi connectivity index (χ2n) is 4.51. The summed E-state index contributed by atoms with van der Waals surface area (Å²) in [5.74, 6) is 0.903. The first kappa shape index (κ1) is 13.3. The van der Waals surface area contributed by atoms with Gasteiger partial charge in [0.15, 0.2) is 0 Å². The fourth-order valence-corrected chi connectivity index (χ4v) is 1.75. The smallest absolute Gasteiger partial charge is 0.142 e. The second kappa shape index (κ2) is 6.13. The summed E-state index contributed by atoms with van der Waals surface area (Å²) in [6.45, 7) is 2.40. The summed E-state index contributed by atoms with van der Waals surface area (Å²) in [5, 5.41) is 7.68. The monoisotopic (exact) mass is 259 g/mol. The lowest BCUT2D eigenvalue weighted by Crippen LogP contribution is -2.09. The van der Waals surface area contributed by atoms with Crippen molar-refractivity contribution in [1.82, 2.24) is 15.0 Å². The van der Waals surface area contributed by atoms with Gasteiger partial charge in [-0.15, -0.1) is 5.10 Å². The van der Waals surface area contributed by atoms with Crippen LogP contribution in [0.15, 0.2) is 30.5 Å². The standard InChI is InChI=1S/C14H17N3O2/c1-11-4-3-5-14(8-11)19-7-6-13(18)9-12-10-17(2)16-15-12/h3-5,8,10H,6-7,9H2,1-2H3. The minimum absolute atomic E-state index is 0.105. The largest absolute Gasteiger partial charge is 0.493 e. The van der Waals surface area contributed by atoms with Crippen molar-refractivity contribution < 1.29 is 9.53 Å². The van der Waals surface area contributed by atoms with Crippen LogP contribution in [0.5, 0.6) is 5.75 Å². The number of hydrogen-bond acceptors (Lipinski definition) is 4. The van der Waals surface area contributed by atoms with Crippen molar-refractivity contribution >= 4 is 5.78 Å². The first-order valence-electron chi connectivity index (χ1n) is 6.20. The number of Topliss-reactive ketones (excluding diaryl/α,β-unsaturated/α-hetero) is 1. The minimum Gasteiger partial charge on any atom is -0.493 e. The second-order valence-corrected chi connectivity index (χ2v) is 4.51. The number of rotatable bonds is 6. The predicted octanol–water partition coefficient (Wildman–Crippen LogP) is 1.70. The van der Waals surface area contributed by atoms with E-state index in [1.807, 2.05) is 31.2 Å². The highest BCUT2D eigenvalue weighted by molar-refractivity contribution is 5.80. The number of benzene rings is 1. The SMILES string of the molecule is Cc1cccc(OCCC(=O)Cc2cn(C)nn2)c1. The van der Waals surface area contributed by atoms with Gasteiger partial charge in [-0.25, -0.2) is 0 Å². The molecule has 5 heteroatoms. The molecule has 0 saturated carbocycles. The number of ketones is 1. The van der Waals surface area contributed by atoms with E-state index in [1.165, 1.54) is 0 Å². The van der Waals surface area contributed by atoms with Crippen LogP contribution < -0.4 is 4.74 Å². The molecule has 5 nitrogen and oxygen atoms in total. The summed E-state index contributed by atoms with van der Waals surface area (Å²) in [7, 11) is 1.78. The minimum atomic E-state index is 0.105. The number of ether oxygens (including phenoxy) is 1. The summed E-state index contributed by atoms with van der Waals surface area (Å²) < 4.78 is 7.13. The molecule has 0 aliphatic heterocycles. The van der Waals surface area contributed by atoms with Crippen LogP contribution >= 0.6 is 0 Å². The molecular formula is C14H17N3O2. The fourth-order valence-electron chi connectivity index (χ4n) is 1.75. The summed E-state index contributed by atoms with van der Waals surface area (Å²) in [6.07, 6.45) is 2.44. The molecule has 0 saturated heterocycles. The van der Waals surface area contributed by atoms with Crippen LogP contribution in [-0.4, -0.2) is 27.4 Å². The Morgan fingerprint density at radius 2 is 2.26 bits per heavy atom. The van der Waals surface area contributed by atoms with E-state index < -0.39 is 0 Å². The molecule has 1 aromatic carbocycles. The van der Waals surface area contributed by atoms with Crippen molar-refractivity contribution in [3.63, 3.8) is 0 Å². The Kier molecular flexibility index (Phi) is 4.28. The number of nitrogens with zero attached hydrogens (tertiary/aromatic N) is 3. The molecule has 0 atom stereocenters. The molecule has 0 unspecified atom stereocenters. The Bertz CT molecular complexity index is 563. The molecule has 100 valence electrons.